The van der Waals surface area contributed by atoms with Gasteiger partial charge in [-0.3, -0.25) is 0 Å². The number of fused-ring (bicyclic) bond motifs is 4. The van der Waals surface area contributed by atoms with Crippen LogP contribution in [0, 0.1) is 0 Å². The van der Waals surface area contributed by atoms with E-state index in [9.17, 15) is 0 Å². The first-order valence-electron chi connectivity index (χ1n) is 8.11. The second-order valence-electron chi connectivity index (χ2n) is 6.19. The molecule has 0 saturated carbocycles. The molecule has 2 aliphatic rings. The molecule has 0 atom stereocenters. The Labute approximate surface area is 138 Å². The van der Waals surface area contributed by atoms with Crippen LogP contribution >= 0.6 is 0 Å². The van der Waals surface area contributed by atoms with Gasteiger partial charge in [0.05, 0.1) is 13.2 Å². The average Bonchev–Trinajstić information content (AvgIpc) is 2.82. The number of rotatable bonds is 0. The monoisotopic (exact) mass is 326 g/mol. The van der Waals surface area contributed by atoms with Gasteiger partial charge in [0.2, 0.25) is 0 Å². The third-order valence-corrected chi connectivity index (χ3v) is 8.29. The first kappa shape index (κ1) is 14.7. The summed E-state index contributed by atoms with van der Waals surface area (Å²) in [6.45, 7) is 3.14. The average molecular weight is 326 g/mol. The van der Waals surface area contributed by atoms with Crippen molar-refractivity contribution >= 4 is 30.3 Å². The zero-order valence-corrected chi connectivity index (χ0v) is 14.7. The molecule has 0 amide bonds. The highest BCUT2D eigenvalue weighted by atomic mass is 28.4. The molecule has 0 N–H and O–H groups in total. The van der Waals surface area contributed by atoms with Gasteiger partial charge in [0, 0.05) is 48.9 Å². The maximum Gasteiger partial charge on any atom is 0.411 e. The standard InChI is InChI=1S/C18H22N2O2Si/c1-19-11-13-21-23(17-9-5-3-7-15(17)19)18-10-6-4-8-16(18)20(2)12-14-22-23/h3-10H,11-14H2,1-2H3. The van der Waals surface area contributed by atoms with Gasteiger partial charge in [-0.2, -0.15) is 0 Å². The SMILES string of the molecule is CN1CCO[Si]2(OCCN(C)c3ccccc32)c2ccccc21. The number of likely N-dealkylation sites (N-methyl/N-ethyl adjacent to an activating group) is 2. The summed E-state index contributed by atoms with van der Waals surface area (Å²) >= 11 is 0. The molecule has 5 heteroatoms. The van der Waals surface area contributed by atoms with E-state index in [0.29, 0.717) is 13.2 Å². The molecule has 0 bridgehead atoms. The fraction of sp³-hybridized carbons (Fsp3) is 0.333. The normalized spacial score (nSPS) is 19.7. The van der Waals surface area contributed by atoms with Crippen LogP contribution in [0.1, 0.15) is 0 Å². The third kappa shape index (κ3) is 2.27. The van der Waals surface area contributed by atoms with Crippen LogP contribution in [-0.2, 0) is 8.85 Å². The lowest BCUT2D eigenvalue weighted by Crippen LogP contribution is -2.63. The summed E-state index contributed by atoms with van der Waals surface area (Å²) in [5.74, 6) is 0. The zero-order chi connectivity index (χ0) is 15.9. The lowest BCUT2D eigenvalue weighted by atomic mass is 10.3. The predicted octanol–water partition coefficient (Wildman–Crippen LogP) is 1.18. The van der Waals surface area contributed by atoms with Gasteiger partial charge < -0.3 is 18.7 Å². The van der Waals surface area contributed by atoms with Gasteiger partial charge in [0.15, 0.2) is 0 Å². The highest BCUT2D eigenvalue weighted by Crippen LogP contribution is 2.26. The molecule has 2 aromatic rings. The van der Waals surface area contributed by atoms with Gasteiger partial charge >= 0.3 is 8.56 Å². The highest BCUT2D eigenvalue weighted by molar-refractivity contribution is 6.94. The second kappa shape index (κ2) is 5.67. The van der Waals surface area contributed by atoms with Gasteiger partial charge in [0.1, 0.15) is 0 Å². The van der Waals surface area contributed by atoms with Crippen molar-refractivity contribution in [2.24, 2.45) is 0 Å². The molecule has 120 valence electrons. The molecule has 2 aromatic carbocycles. The van der Waals surface area contributed by atoms with E-state index < -0.39 is 8.56 Å². The lowest BCUT2D eigenvalue weighted by Gasteiger charge is -2.30. The summed E-state index contributed by atoms with van der Waals surface area (Å²) < 4.78 is 13.1. The van der Waals surface area contributed by atoms with Gasteiger partial charge in [0.25, 0.3) is 0 Å². The van der Waals surface area contributed by atoms with E-state index in [4.69, 9.17) is 8.85 Å². The fourth-order valence-corrected chi connectivity index (χ4v) is 7.17. The van der Waals surface area contributed by atoms with Gasteiger partial charge in [-0.15, -0.1) is 0 Å². The van der Waals surface area contributed by atoms with E-state index in [1.54, 1.807) is 0 Å². The topological polar surface area (TPSA) is 24.9 Å². The Balaban J connectivity index is 1.99. The third-order valence-electron chi connectivity index (χ3n) is 4.80. The van der Waals surface area contributed by atoms with Crippen LogP contribution < -0.4 is 20.2 Å². The fourth-order valence-electron chi connectivity index (χ4n) is 3.56. The highest BCUT2D eigenvalue weighted by Gasteiger charge is 2.49. The lowest BCUT2D eigenvalue weighted by molar-refractivity contribution is 0.204. The Morgan fingerprint density at radius 3 is 1.65 bits per heavy atom. The molecule has 4 rings (SSSR count). The number of hydrogen-bond donors (Lipinski definition) is 0. The van der Waals surface area contributed by atoms with Crippen molar-refractivity contribution in [3.05, 3.63) is 48.5 Å². The second-order valence-corrected chi connectivity index (χ2v) is 9.08. The van der Waals surface area contributed by atoms with Crippen molar-refractivity contribution in [3.63, 3.8) is 0 Å². The Hall–Kier alpha value is -1.82. The number of benzene rings is 2. The quantitative estimate of drug-likeness (QED) is 0.679. The molecule has 2 aliphatic heterocycles. The van der Waals surface area contributed by atoms with Crippen LogP contribution in [0.3, 0.4) is 0 Å². The van der Waals surface area contributed by atoms with Crippen LogP contribution in [-0.4, -0.2) is 49.0 Å². The molecule has 23 heavy (non-hydrogen) atoms. The summed E-state index contributed by atoms with van der Waals surface area (Å²) in [4.78, 5) is 4.55. The van der Waals surface area contributed by atoms with Gasteiger partial charge in [-0.25, -0.2) is 0 Å². The Bertz CT molecular complexity index is 660. The maximum absolute atomic E-state index is 6.53. The summed E-state index contributed by atoms with van der Waals surface area (Å²) in [5, 5.41) is 2.45. The maximum atomic E-state index is 6.53. The molecule has 4 nitrogen and oxygen atoms in total. The largest absolute Gasteiger partial charge is 0.411 e. The molecule has 1 spiro atoms. The number of para-hydroxylation sites is 2. The van der Waals surface area contributed by atoms with Crippen LogP contribution in [0.4, 0.5) is 11.4 Å². The van der Waals surface area contributed by atoms with Crippen molar-refractivity contribution in [3.8, 4) is 0 Å². The first-order valence-corrected chi connectivity index (χ1v) is 9.93. The number of hydrogen-bond acceptors (Lipinski definition) is 4. The molecule has 0 unspecified atom stereocenters. The van der Waals surface area contributed by atoms with Crippen molar-refractivity contribution in [2.75, 3.05) is 50.2 Å². The molecular weight excluding hydrogens is 304 g/mol. The van der Waals surface area contributed by atoms with Crippen LogP contribution in [0.25, 0.3) is 0 Å². The van der Waals surface area contributed by atoms with Crippen molar-refractivity contribution in [1.82, 2.24) is 0 Å². The summed E-state index contributed by atoms with van der Waals surface area (Å²) in [7, 11) is 1.58. The minimum Gasteiger partial charge on any atom is -0.386 e. The molecule has 0 aromatic heterocycles. The van der Waals surface area contributed by atoms with Crippen LogP contribution in [0.5, 0.6) is 0 Å². The molecule has 0 fully saturated rings. The van der Waals surface area contributed by atoms with E-state index >= 15 is 0 Å². The Morgan fingerprint density at radius 2 is 1.17 bits per heavy atom. The predicted molar refractivity (Wildman–Crippen MR) is 96.4 cm³/mol. The van der Waals surface area contributed by atoms with E-state index in [1.807, 2.05) is 0 Å². The summed E-state index contributed by atoms with van der Waals surface area (Å²) in [5.41, 5.74) is 2.46. The van der Waals surface area contributed by atoms with E-state index in [2.05, 4.69) is 72.4 Å². The summed E-state index contributed by atoms with van der Waals surface area (Å²) in [6, 6.07) is 17.1. The first-order chi connectivity index (χ1) is 11.2. The Kier molecular flexibility index (Phi) is 3.64. The van der Waals surface area contributed by atoms with Crippen molar-refractivity contribution in [2.45, 2.75) is 0 Å². The molecule has 0 saturated heterocycles. The zero-order valence-electron chi connectivity index (χ0n) is 13.7. The molecule has 2 heterocycles. The molecular formula is C18H22N2O2Si. The van der Waals surface area contributed by atoms with E-state index in [-0.39, 0.29) is 0 Å². The summed E-state index contributed by atoms with van der Waals surface area (Å²) in [6.07, 6.45) is 0. The van der Waals surface area contributed by atoms with E-state index in [1.165, 1.54) is 21.7 Å². The molecule has 0 radical (unpaired) electrons. The van der Waals surface area contributed by atoms with Gasteiger partial charge in [-0.05, 0) is 12.1 Å². The number of nitrogens with zero attached hydrogens (tertiary/aromatic N) is 2. The number of anilines is 2. The minimum absolute atomic E-state index is 0.690. The molecule has 0 aliphatic carbocycles. The smallest absolute Gasteiger partial charge is 0.386 e. The van der Waals surface area contributed by atoms with Crippen molar-refractivity contribution in [1.29, 1.82) is 0 Å². The van der Waals surface area contributed by atoms with Crippen LogP contribution in [0.15, 0.2) is 48.5 Å². The van der Waals surface area contributed by atoms with Crippen molar-refractivity contribution < 1.29 is 8.85 Å². The van der Waals surface area contributed by atoms with Crippen LogP contribution in [0.2, 0.25) is 0 Å². The van der Waals surface area contributed by atoms with Gasteiger partial charge in [-0.1, -0.05) is 36.4 Å². The van der Waals surface area contributed by atoms with E-state index in [0.717, 1.165) is 13.1 Å². The Morgan fingerprint density at radius 1 is 0.739 bits per heavy atom. The minimum atomic E-state index is -2.68.